The van der Waals surface area contributed by atoms with Crippen molar-refractivity contribution in [3.05, 3.63) is 29.3 Å². The first kappa shape index (κ1) is 23.2. The summed E-state index contributed by atoms with van der Waals surface area (Å²) >= 11 is 6.14. The van der Waals surface area contributed by atoms with Crippen LogP contribution in [0.1, 0.15) is 58.3 Å². The molecule has 176 valence electrons. The first-order valence-corrected chi connectivity index (χ1v) is 12.6. The summed E-state index contributed by atoms with van der Waals surface area (Å²) in [6, 6.07) is 8.83. The number of nitrogens with two attached hydrogens (primary N) is 1. The Balaban J connectivity index is 1.59. The number of likely N-dealkylation sites (N-methyl/N-ethyl adjacent to an activating group) is 1. The third-order valence-corrected chi connectivity index (χ3v) is 7.43. The Kier molecular flexibility index (Phi) is 7.79. The molecular weight excluding hydrogens is 422 g/mol. The van der Waals surface area contributed by atoms with Gasteiger partial charge in [-0.15, -0.1) is 0 Å². The standard InChI is InChI=1S/C24H38ClN7/c1-3-31-16-8-11-21(31)17-27-23-28-22(26)32(20-9-6-4-5-7-10-20)24(29-23)30(2)19-14-12-18(25)13-15-19/h12-15,20-21,24H,3-11,16-17H2,1-2H3,(H3,26,27,28,29). The number of nitrogens with one attached hydrogen (secondary N) is 1. The lowest BCUT2D eigenvalue weighted by Crippen LogP contribution is -2.66. The quantitative estimate of drug-likeness (QED) is 0.632. The lowest BCUT2D eigenvalue weighted by Gasteiger charge is -2.46. The van der Waals surface area contributed by atoms with Gasteiger partial charge in [-0.2, -0.15) is 4.99 Å². The van der Waals surface area contributed by atoms with Crippen molar-refractivity contribution < 1.29 is 0 Å². The zero-order valence-corrected chi connectivity index (χ0v) is 20.3. The van der Waals surface area contributed by atoms with E-state index in [0.29, 0.717) is 24.0 Å². The molecule has 2 unspecified atom stereocenters. The molecule has 3 N–H and O–H groups in total. The number of guanidine groups is 2. The van der Waals surface area contributed by atoms with E-state index in [1.807, 2.05) is 24.3 Å². The lowest BCUT2D eigenvalue weighted by atomic mass is 10.1. The van der Waals surface area contributed by atoms with Crippen molar-refractivity contribution in [3.63, 3.8) is 0 Å². The van der Waals surface area contributed by atoms with E-state index in [2.05, 4.69) is 34.0 Å². The van der Waals surface area contributed by atoms with Gasteiger partial charge >= 0.3 is 0 Å². The minimum Gasteiger partial charge on any atom is -0.369 e. The van der Waals surface area contributed by atoms with Gasteiger partial charge in [0, 0.05) is 29.8 Å². The van der Waals surface area contributed by atoms with Crippen LogP contribution in [0.25, 0.3) is 0 Å². The molecule has 7 nitrogen and oxygen atoms in total. The molecule has 2 fully saturated rings. The third-order valence-electron chi connectivity index (χ3n) is 7.18. The minimum absolute atomic E-state index is 0.138. The van der Waals surface area contributed by atoms with Gasteiger partial charge in [0.25, 0.3) is 0 Å². The summed E-state index contributed by atoms with van der Waals surface area (Å²) in [5.41, 5.74) is 7.69. The van der Waals surface area contributed by atoms with Gasteiger partial charge in [-0.1, -0.05) is 44.2 Å². The monoisotopic (exact) mass is 459 g/mol. The van der Waals surface area contributed by atoms with Crippen LogP contribution in [0.15, 0.2) is 34.3 Å². The van der Waals surface area contributed by atoms with Gasteiger partial charge in [-0.05, 0) is 63.0 Å². The molecule has 1 aromatic rings. The highest BCUT2D eigenvalue weighted by atomic mass is 35.5. The molecule has 0 radical (unpaired) electrons. The summed E-state index contributed by atoms with van der Waals surface area (Å²) in [5.74, 6) is 1.21. The van der Waals surface area contributed by atoms with Crippen LogP contribution in [0, 0.1) is 0 Å². The zero-order chi connectivity index (χ0) is 22.5. The second kappa shape index (κ2) is 10.8. The normalized spacial score (nSPS) is 26.7. The van der Waals surface area contributed by atoms with Crippen molar-refractivity contribution in [2.75, 3.05) is 31.6 Å². The molecule has 3 aliphatic rings. The fourth-order valence-corrected chi connectivity index (χ4v) is 5.45. The van der Waals surface area contributed by atoms with Crippen LogP contribution in [-0.4, -0.2) is 66.8 Å². The maximum absolute atomic E-state index is 6.62. The highest BCUT2D eigenvalue weighted by Gasteiger charge is 2.35. The van der Waals surface area contributed by atoms with Crippen LogP contribution in [0.3, 0.4) is 0 Å². The summed E-state index contributed by atoms with van der Waals surface area (Å²) in [6.07, 6.45) is 9.67. The SMILES string of the molecule is CCN1CCCC1CN=C1N=C(N)N(C2CCCCCC2)C(N(C)c2ccc(Cl)cc2)N1. The van der Waals surface area contributed by atoms with E-state index in [1.165, 1.54) is 45.1 Å². The number of likely N-dealkylation sites (tertiary alicyclic amines) is 1. The van der Waals surface area contributed by atoms with E-state index in [9.17, 15) is 0 Å². The van der Waals surface area contributed by atoms with Crippen LogP contribution in [0.4, 0.5) is 5.69 Å². The smallest absolute Gasteiger partial charge is 0.224 e. The molecule has 1 aliphatic carbocycles. The van der Waals surface area contributed by atoms with Gasteiger partial charge in [-0.25, -0.2) is 4.99 Å². The van der Waals surface area contributed by atoms with Gasteiger partial charge in [0.2, 0.25) is 11.9 Å². The Labute approximate surface area is 197 Å². The van der Waals surface area contributed by atoms with Gasteiger partial charge in [-0.3, -0.25) is 4.90 Å². The van der Waals surface area contributed by atoms with Crippen molar-refractivity contribution >= 4 is 29.2 Å². The summed E-state index contributed by atoms with van der Waals surface area (Å²) in [4.78, 5) is 16.6. The van der Waals surface area contributed by atoms with Crippen LogP contribution in [0.2, 0.25) is 5.02 Å². The lowest BCUT2D eigenvalue weighted by molar-refractivity contribution is 0.193. The highest BCUT2D eigenvalue weighted by molar-refractivity contribution is 6.30. The van der Waals surface area contributed by atoms with E-state index in [0.717, 1.165) is 36.6 Å². The predicted octanol–water partition coefficient (Wildman–Crippen LogP) is 3.84. The molecule has 2 atom stereocenters. The van der Waals surface area contributed by atoms with Gasteiger partial charge in [0.15, 0.2) is 6.29 Å². The van der Waals surface area contributed by atoms with Crippen molar-refractivity contribution in [2.45, 2.75) is 76.7 Å². The van der Waals surface area contributed by atoms with Crippen molar-refractivity contribution in [1.29, 1.82) is 0 Å². The largest absolute Gasteiger partial charge is 0.369 e. The van der Waals surface area contributed by atoms with Crippen LogP contribution in [0.5, 0.6) is 0 Å². The molecule has 1 saturated heterocycles. The Bertz CT molecular complexity index is 801. The number of anilines is 1. The molecular formula is C24H38ClN7. The molecule has 8 heteroatoms. The number of rotatable bonds is 6. The number of aliphatic imine (C=N–C) groups is 2. The fraction of sp³-hybridized carbons (Fsp3) is 0.667. The average Bonchev–Trinajstić information content (AvgIpc) is 3.09. The predicted molar refractivity (Wildman–Crippen MR) is 134 cm³/mol. The van der Waals surface area contributed by atoms with E-state index in [1.54, 1.807) is 0 Å². The number of hydrogen-bond donors (Lipinski definition) is 2. The summed E-state index contributed by atoms with van der Waals surface area (Å²) in [5, 5.41) is 4.34. The molecule has 32 heavy (non-hydrogen) atoms. The van der Waals surface area contributed by atoms with Crippen LogP contribution >= 0.6 is 11.6 Å². The summed E-state index contributed by atoms with van der Waals surface area (Å²) < 4.78 is 0. The molecule has 2 heterocycles. The third kappa shape index (κ3) is 5.31. The van der Waals surface area contributed by atoms with Crippen molar-refractivity contribution in [3.8, 4) is 0 Å². The molecule has 1 saturated carbocycles. The maximum Gasteiger partial charge on any atom is 0.224 e. The Morgan fingerprint density at radius 3 is 2.53 bits per heavy atom. The van der Waals surface area contributed by atoms with E-state index >= 15 is 0 Å². The van der Waals surface area contributed by atoms with Crippen LogP contribution < -0.4 is 16.0 Å². The molecule has 2 aliphatic heterocycles. The zero-order valence-electron chi connectivity index (χ0n) is 19.5. The number of halogens is 1. The first-order valence-electron chi connectivity index (χ1n) is 12.2. The van der Waals surface area contributed by atoms with E-state index in [-0.39, 0.29) is 6.29 Å². The molecule has 0 bridgehead atoms. The number of hydrogen-bond acceptors (Lipinski definition) is 5. The van der Waals surface area contributed by atoms with Crippen LogP contribution in [-0.2, 0) is 0 Å². The Hall–Kier alpha value is -1.99. The number of benzene rings is 1. The number of nitrogens with zero attached hydrogens (tertiary/aromatic N) is 5. The summed E-state index contributed by atoms with van der Waals surface area (Å²) in [7, 11) is 2.09. The minimum atomic E-state index is -0.138. The first-order chi connectivity index (χ1) is 15.6. The topological polar surface area (TPSA) is 72.5 Å². The van der Waals surface area contributed by atoms with Gasteiger partial charge < -0.3 is 20.9 Å². The van der Waals surface area contributed by atoms with Crippen molar-refractivity contribution in [1.82, 2.24) is 15.1 Å². The van der Waals surface area contributed by atoms with Crippen molar-refractivity contribution in [2.24, 2.45) is 15.7 Å². The van der Waals surface area contributed by atoms with Gasteiger partial charge in [0.05, 0.1) is 6.54 Å². The van der Waals surface area contributed by atoms with E-state index < -0.39 is 0 Å². The molecule has 0 aromatic heterocycles. The van der Waals surface area contributed by atoms with E-state index in [4.69, 9.17) is 27.3 Å². The molecule has 0 spiro atoms. The summed E-state index contributed by atoms with van der Waals surface area (Å²) in [6.45, 7) is 5.23. The Morgan fingerprint density at radius 1 is 1.12 bits per heavy atom. The molecule has 0 amide bonds. The Morgan fingerprint density at radius 2 is 1.84 bits per heavy atom. The maximum atomic E-state index is 6.62. The fourth-order valence-electron chi connectivity index (χ4n) is 5.32. The average molecular weight is 460 g/mol. The second-order valence-electron chi connectivity index (χ2n) is 9.22. The van der Waals surface area contributed by atoms with Gasteiger partial charge in [0.1, 0.15) is 0 Å². The highest BCUT2D eigenvalue weighted by Crippen LogP contribution is 2.27. The second-order valence-corrected chi connectivity index (χ2v) is 9.65. The molecule has 1 aromatic carbocycles. The molecule has 4 rings (SSSR count).